The van der Waals surface area contributed by atoms with Gasteiger partial charge in [0.25, 0.3) is 0 Å². The maximum Gasteiger partial charge on any atom is 0.488 e. The Bertz CT molecular complexity index is 937. The first-order valence-corrected chi connectivity index (χ1v) is 7.72. The molecule has 1 saturated heterocycles. The first-order valence-electron chi connectivity index (χ1n) is 7.72. The molecule has 1 fully saturated rings. The Morgan fingerprint density at radius 1 is 1.15 bits per heavy atom. The second-order valence-corrected chi connectivity index (χ2v) is 6.13. The Kier molecular flexibility index (Phi) is 5.71. The van der Waals surface area contributed by atoms with E-state index >= 15 is 0 Å². The molecule has 3 rings (SSSR count). The van der Waals surface area contributed by atoms with Crippen LogP contribution in [0.3, 0.4) is 0 Å². The average molecular weight is 410 g/mol. The summed E-state index contributed by atoms with van der Waals surface area (Å²) in [6, 6.07) is 1.64. The first kappa shape index (κ1) is 21.0. The van der Waals surface area contributed by atoms with Gasteiger partial charge in [0.1, 0.15) is 11.4 Å². The number of carboxylic acid groups (broad SMARTS) is 1. The zero-order chi connectivity index (χ0) is 19.2. The second-order valence-electron chi connectivity index (χ2n) is 6.13. The van der Waals surface area contributed by atoms with Gasteiger partial charge >= 0.3 is 12.3 Å². The van der Waals surface area contributed by atoms with Gasteiger partial charge in [-0.1, -0.05) is 0 Å². The third-order valence-electron chi connectivity index (χ3n) is 4.42. The quantitative estimate of drug-likeness (QED) is 0.772. The number of halogens is 5. The van der Waals surface area contributed by atoms with Crippen molar-refractivity contribution in [2.45, 2.75) is 6.30 Å². The highest BCUT2D eigenvalue weighted by molar-refractivity contribution is 5.93. The van der Waals surface area contributed by atoms with Crippen molar-refractivity contribution < 1.29 is 27.5 Å². The molecule has 27 heavy (non-hydrogen) atoms. The fourth-order valence-electron chi connectivity index (χ4n) is 2.99. The third kappa shape index (κ3) is 3.86. The number of piperazine rings is 1. The Balaban J connectivity index is 0.00000261. The minimum Gasteiger partial charge on any atom is -0.477 e. The van der Waals surface area contributed by atoms with E-state index < -0.39 is 40.0 Å². The number of alkyl halides is 3. The van der Waals surface area contributed by atoms with E-state index in [1.165, 1.54) is 0 Å². The molecule has 0 bridgehead atoms. The summed E-state index contributed by atoms with van der Waals surface area (Å²) in [4.78, 5) is 26.9. The molecule has 2 aromatic rings. The number of rotatable bonds is 2. The number of benzene rings is 1. The van der Waals surface area contributed by atoms with Crippen molar-refractivity contribution in [2.24, 2.45) is 0 Å². The Morgan fingerprint density at radius 3 is 2.26 bits per heavy atom. The molecule has 0 aliphatic carbocycles. The Morgan fingerprint density at radius 2 is 1.74 bits per heavy atom. The van der Waals surface area contributed by atoms with Crippen LogP contribution >= 0.6 is 12.4 Å². The number of hydrogen-bond donors (Lipinski definition) is 1. The molecule has 1 aliphatic rings. The summed E-state index contributed by atoms with van der Waals surface area (Å²) in [6.07, 6.45) is -4.73. The van der Waals surface area contributed by atoms with Crippen LogP contribution in [-0.2, 0) is 6.30 Å². The fraction of sp³-hybridized carbons (Fsp3) is 0.375. The van der Waals surface area contributed by atoms with Gasteiger partial charge < -0.3 is 14.9 Å². The van der Waals surface area contributed by atoms with E-state index in [0.29, 0.717) is 32.2 Å². The zero-order valence-electron chi connectivity index (χ0n) is 14.1. The van der Waals surface area contributed by atoms with Crippen LogP contribution in [-0.4, -0.2) is 53.8 Å². The standard InChI is InChI=1S/C16H15F4N3O3.ClH/c1-21-2-4-22(5-3-21)13-7-12-9(6-11(13)17)14(24)10(15(25)26)8-23(12)16(18,19)20;/h6-8H,2-5H2,1H3,(H,25,26);1H. The first-order chi connectivity index (χ1) is 12.1. The molecular formula is C16H16ClF4N3O3. The van der Waals surface area contributed by atoms with Gasteiger partial charge in [-0.05, 0) is 19.2 Å². The van der Waals surface area contributed by atoms with Crippen LogP contribution in [0.1, 0.15) is 10.4 Å². The van der Waals surface area contributed by atoms with Crippen molar-refractivity contribution >= 4 is 35.0 Å². The molecule has 6 nitrogen and oxygen atoms in total. The molecule has 0 saturated carbocycles. The van der Waals surface area contributed by atoms with Crippen molar-refractivity contribution in [2.75, 3.05) is 38.1 Å². The van der Waals surface area contributed by atoms with Crippen LogP contribution in [0.4, 0.5) is 23.2 Å². The summed E-state index contributed by atoms with van der Waals surface area (Å²) in [5.74, 6) is -2.67. The molecule has 2 heterocycles. The topological polar surface area (TPSA) is 65.8 Å². The van der Waals surface area contributed by atoms with Gasteiger partial charge in [0.05, 0.1) is 11.2 Å². The van der Waals surface area contributed by atoms with Crippen LogP contribution in [0, 0.1) is 5.82 Å². The maximum absolute atomic E-state index is 14.5. The monoisotopic (exact) mass is 409 g/mol. The molecule has 0 atom stereocenters. The van der Waals surface area contributed by atoms with E-state index in [2.05, 4.69) is 0 Å². The fourth-order valence-corrected chi connectivity index (χ4v) is 2.99. The number of nitrogens with zero attached hydrogens (tertiary/aromatic N) is 3. The lowest BCUT2D eigenvalue weighted by Gasteiger charge is -2.34. The summed E-state index contributed by atoms with van der Waals surface area (Å²) in [5.41, 5.74) is -2.85. The predicted octanol–water partition coefficient (Wildman–Crippen LogP) is 2.49. The van der Waals surface area contributed by atoms with Crippen molar-refractivity contribution in [3.63, 3.8) is 0 Å². The molecule has 1 aromatic carbocycles. The number of aromatic carboxylic acids is 1. The molecule has 0 unspecified atom stereocenters. The van der Waals surface area contributed by atoms with E-state index in [9.17, 15) is 27.2 Å². The number of carbonyl (C=O) groups is 1. The number of pyridine rings is 1. The van der Waals surface area contributed by atoms with Crippen molar-refractivity contribution in [1.82, 2.24) is 9.47 Å². The van der Waals surface area contributed by atoms with Crippen LogP contribution < -0.4 is 10.3 Å². The van der Waals surface area contributed by atoms with E-state index in [1.807, 2.05) is 11.9 Å². The highest BCUT2D eigenvalue weighted by Crippen LogP contribution is 2.31. The number of hydrogen-bond acceptors (Lipinski definition) is 4. The highest BCUT2D eigenvalue weighted by atomic mass is 35.5. The molecule has 0 radical (unpaired) electrons. The van der Waals surface area contributed by atoms with E-state index in [1.54, 1.807) is 4.90 Å². The Labute approximate surface area is 157 Å². The zero-order valence-corrected chi connectivity index (χ0v) is 14.9. The summed E-state index contributed by atoms with van der Waals surface area (Å²) in [6.45, 7) is 2.06. The number of carboxylic acids is 1. The number of fused-ring (bicyclic) bond motifs is 1. The number of likely N-dealkylation sites (N-methyl/N-ethyl adjacent to an activating group) is 1. The van der Waals surface area contributed by atoms with Crippen LogP contribution in [0.2, 0.25) is 0 Å². The molecule has 1 aromatic heterocycles. The Hall–Kier alpha value is -2.33. The minimum atomic E-state index is -4.96. The van der Waals surface area contributed by atoms with Crippen LogP contribution in [0.15, 0.2) is 23.1 Å². The van der Waals surface area contributed by atoms with Crippen LogP contribution in [0.25, 0.3) is 10.9 Å². The summed E-state index contributed by atoms with van der Waals surface area (Å²) in [7, 11) is 1.88. The lowest BCUT2D eigenvalue weighted by molar-refractivity contribution is -0.201. The summed E-state index contributed by atoms with van der Waals surface area (Å²) >= 11 is 0. The van der Waals surface area contributed by atoms with Gasteiger partial charge in [0.2, 0.25) is 5.43 Å². The highest BCUT2D eigenvalue weighted by Gasteiger charge is 2.34. The third-order valence-corrected chi connectivity index (χ3v) is 4.42. The number of anilines is 1. The van der Waals surface area contributed by atoms with Crippen molar-refractivity contribution in [1.29, 1.82) is 0 Å². The second kappa shape index (κ2) is 7.35. The van der Waals surface area contributed by atoms with E-state index in [-0.39, 0.29) is 28.9 Å². The summed E-state index contributed by atoms with van der Waals surface area (Å²) < 4.78 is 54.4. The van der Waals surface area contributed by atoms with Gasteiger partial charge in [0.15, 0.2) is 0 Å². The van der Waals surface area contributed by atoms with Gasteiger partial charge in [-0.3, -0.25) is 9.36 Å². The van der Waals surface area contributed by atoms with E-state index in [0.717, 1.165) is 6.07 Å². The van der Waals surface area contributed by atoms with Gasteiger partial charge in [-0.15, -0.1) is 25.6 Å². The minimum absolute atomic E-state index is 0. The van der Waals surface area contributed by atoms with Crippen molar-refractivity contribution in [3.05, 3.63) is 39.9 Å². The SMILES string of the molecule is CN1CCN(c2cc3c(cc2F)c(=O)c(C(=O)O)cn3C(F)(F)F)CC1.Cl. The molecule has 1 N–H and O–H groups in total. The summed E-state index contributed by atoms with van der Waals surface area (Å²) in [5, 5.41) is 8.35. The van der Waals surface area contributed by atoms with Crippen LogP contribution in [0.5, 0.6) is 0 Å². The van der Waals surface area contributed by atoms with E-state index in [4.69, 9.17) is 5.11 Å². The number of aromatic nitrogens is 1. The smallest absolute Gasteiger partial charge is 0.477 e. The molecule has 0 spiro atoms. The predicted molar refractivity (Wildman–Crippen MR) is 93.4 cm³/mol. The molecule has 148 valence electrons. The molecular weight excluding hydrogens is 394 g/mol. The van der Waals surface area contributed by atoms with Gasteiger partial charge in [0, 0.05) is 37.8 Å². The molecule has 1 aliphatic heterocycles. The average Bonchev–Trinajstić information content (AvgIpc) is 2.54. The lowest BCUT2D eigenvalue weighted by Crippen LogP contribution is -2.44. The normalized spacial score (nSPS) is 15.7. The van der Waals surface area contributed by atoms with Gasteiger partial charge in [-0.25, -0.2) is 9.18 Å². The van der Waals surface area contributed by atoms with Gasteiger partial charge in [-0.2, -0.15) is 0 Å². The molecule has 11 heteroatoms. The van der Waals surface area contributed by atoms with Crippen molar-refractivity contribution in [3.8, 4) is 0 Å². The molecule has 0 amide bonds. The lowest BCUT2D eigenvalue weighted by atomic mass is 10.1. The largest absolute Gasteiger partial charge is 0.488 e. The maximum atomic E-state index is 14.5.